The topological polar surface area (TPSA) is 90.6 Å². The second-order valence-corrected chi connectivity index (χ2v) is 4.84. The number of nitrogens with one attached hydrogen (secondary N) is 1. The van der Waals surface area contributed by atoms with E-state index in [1.807, 2.05) is 0 Å². The summed E-state index contributed by atoms with van der Waals surface area (Å²) in [4.78, 5) is 23.3. The molecule has 0 atom stereocenters. The van der Waals surface area contributed by atoms with Crippen LogP contribution in [0.15, 0.2) is 42.5 Å². The number of amides is 2. The smallest absolute Gasteiger partial charge is 0.259 e. The van der Waals surface area contributed by atoms with Gasteiger partial charge in [-0.25, -0.2) is 0 Å². The Bertz CT molecular complexity index is 711. The van der Waals surface area contributed by atoms with Crippen molar-refractivity contribution in [2.45, 2.75) is 6.42 Å². The quantitative estimate of drug-likeness (QED) is 0.853. The summed E-state index contributed by atoms with van der Waals surface area (Å²) in [6, 6.07) is 12.0. The zero-order valence-electron chi connectivity index (χ0n) is 13.0. The average Bonchev–Trinajstić information content (AvgIpc) is 2.55. The number of hydrogen-bond donors (Lipinski definition) is 2. The Morgan fingerprint density at radius 3 is 2.30 bits per heavy atom. The highest BCUT2D eigenvalue weighted by molar-refractivity contribution is 6.06. The molecular weight excluding hydrogens is 296 g/mol. The van der Waals surface area contributed by atoms with Crippen molar-refractivity contribution in [1.29, 1.82) is 0 Å². The molecule has 0 aliphatic heterocycles. The second-order valence-electron chi connectivity index (χ2n) is 4.84. The van der Waals surface area contributed by atoms with Crippen molar-refractivity contribution >= 4 is 17.5 Å². The van der Waals surface area contributed by atoms with Crippen molar-refractivity contribution in [1.82, 2.24) is 0 Å². The van der Waals surface area contributed by atoms with E-state index in [1.165, 1.54) is 14.2 Å². The standard InChI is InChI=1S/C17H18N2O4/c1-22-14-5-3-4-13(16(14)23-2)17(21)19-12-8-6-11(7-9-12)10-15(18)20/h3-9H,10H2,1-2H3,(H2,18,20)(H,19,21). The first-order valence-corrected chi connectivity index (χ1v) is 6.94. The lowest BCUT2D eigenvalue weighted by Crippen LogP contribution is -2.15. The van der Waals surface area contributed by atoms with Crippen molar-refractivity contribution in [3.8, 4) is 11.5 Å². The van der Waals surface area contributed by atoms with Gasteiger partial charge >= 0.3 is 0 Å². The SMILES string of the molecule is COc1cccc(C(=O)Nc2ccc(CC(N)=O)cc2)c1OC. The molecule has 0 aromatic heterocycles. The largest absolute Gasteiger partial charge is 0.493 e. The van der Waals surface area contributed by atoms with E-state index in [2.05, 4.69) is 5.32 Å². The molecular formula is C17H18N2O4. The lowest BCUT2D eigenvalue weighted by molar-refractivity contribution is -0.117. The maximum Gasteiger partial charge on any atom is 0.259 e. The normalized spacial score (nSPS) is 10.0. The Morgan fingerprint density at radius 1 is 1.04 bits per heavy atom. The van der Waals surface area contributed by atoms with Crippen LogP contribution in [0.1, 0.15) is 15.9 Å². The molecule has 6 heteroatoms. The second kappa shape index (κ2) is 7.31. The van der Waals surface area contributed by atoms with Crippen molar-refractivity contribution in [2.24, 2.45) is 5.73 Å². The number of benzene rings is 2. The highest BCUT2D eigenvalue weighted by atomic mass is 16.5. The first-order valence-electron chi connectivity index (χ1n) is 6.94. The summed E-state index contributed by atoms with van der Waals surface area (Å²) in [6.45, 7) is 0. The van der Waals surface area contributed by atoms with Gasteiger partial charge in [0.2, 0.25) is 5.91 Å². The van der Waals surface area contributed by atoms with E-state index in [0.717, 1.165) is 5.56 Å². The van der Waals surface area contributed by atoms with Gasteiger partial charge in [0.15, 0.2) is 11.5 Å². The summed E-state index contributed by atoms with van der Waals surface area (Å²) < 4.78 is 10.4. The van der Waals surface area contributed by atoms with Crippen LogP contribution in [0.2, 0.25) is 0 Å². The molecule has 2 amide bonds. The van der Waals surface area contributed by atoms with E-state index in [-0.39, 0.29) is 12.3 Å². The minimum Gasteiger partial charge on any atom is -0.493 e. The highest BCUT2D eigenvalue weighted by Gasteiger charge is 2.16. The predicted octanol–water partition coefficient (Wildman–Crippen LogP) is 1.98. The lowest BCUT2D eigenvalue weighted by Gasteiger charge is -2.12. The van der Waals surface area contributed by atoms with Gasteiger partial charge in [-0.15, -0.1) is 0 Å². The molecule has 120 valence electrons. The molecule has 3 N–H and O–H groups in total. The first-order chi connectivity index (χ1) is 11.0. The summed E-state index contributed by atoms with van der Waals surface area (Å²) in [7, 11) is 2.99. The number of ether oxygens (including phenoxy) is 2. The number of carbonyl (C=O) groups excluding carboxylic acids is 2. The van der Waals surface area contributed by atoms with Crippen LogP contribution >= 0.6 is 0 Å². The molecule has 0 spiro atoms. The van der Waals surface area contributed by atoms with Crippen LogP contribution in [0.25, 0.3) is 0 Å². The molecule has 0 saturated carbocycles. The Labute approximate surface area is 134 Å². The minimum absolute atomic E-state index is 0.165. The third-order valence-corrected chi connectivity index (χ3v) is 3.24. The van der Waals surface area contributed by atoms with Gasteiger partial charge in [-0.05, 0) is 29.8 Å². The van der Waals surface area contributed by atoms with E-state index < -0.39 is 5.91 Å². The number of primary amides is 1. The average molecular weight is 314 g/mol. The molecule has 0 radical (unpaired) electrons. The van der Waals surface area contributed by atoms with Gasteiger partial charge in [0, 0.05) is 5.69 Å². The van der Waals surface area contributed by atoms with Crippen LogP contribution in [-0.4, -0.2) is 26.0 Å². The van der Waals surface area contributed by atoms with E-state index in [0.29, 0.717) is 22.7 Å². The number of anilines is 1. The number of rotatable bonds is 6. The van der Waals surface area contributed by atoms with Gasteiger partial charge in [-0.3, -0.25) is 9.59 Å². The molecule has 2 aromatic carbocycles. The molecule has 0 fully saturated rings. The molecule has 2 rings (SSSR count). The summed E-state index contributed by atoms with van der Waals surface area (Å²) in [6.07, 6.45) is 0.165. The third kappa shape index (κ3) is 4.00. The fourth-order valence-electron chi connectivity index (χ4n) is 2.17. The van der Waals surface area contributed by atoms with Gasteiger partial charge in [-0.1, -0.05) is 18.2 Å². The summed E-state index contributed by atoms with van der Waals surface area (Å²) in [5, 5.41) is 2.77. The number of hydrogen-bond acceptors (Lipinski definition) is 4. The van der Waals surface area contributed by atoms with E-state index in [4.69, 9.17) is 15.2 Å². The number of nitrogens with two attached hydrogens (primary N) is 1. The molecule has 0 bridgehead atoms. The van der Waals surface area contributed by atoms with Crippen LogP contribution < -0.4 is 20.5 Å². The fraction of sp³-hybridized carbons (Fsp3) is 0.176. The van der Waals surface area contributed by atoms with Crippen molar-refractivity contribution in [3.63, 3.8) is 0 Å². The van der Waals surface area contributed by atoms with Crippen molar-refractivity contribution in [2.75, 3.05) is 19.5 Å². The van der Waals surface area contributed by atoms with Crippen LogP contribution in [0.5, 0.6) is 11.5 Å². The summed E-state index contributed by atoms with van der Waals surface area (Å²) >= 11 is 0. The van der Waals surface area contributed by atoms with Crippen LogP contribution in [0.4, 0.5) is 5.69 Å². The molecule has 0 unspecified atom stereocenters. The number of methoxy groups -OCH3 is 2. The zero-order chi connectivity index (χ0) is 16.8. The molecule has 0 aliphatic carbocycles. The van der Waals surface area contributed by atoms with Gasteiger partial charge in [0.05, 0.1) is 26.2 Å². The van der Waals surface area contributed by atoms with Gasteiger partial charge in [-0.2, -0.15) is 0 Å². The van der Waals surface area contributed by atoms with E-state index in [9.17, 15) is 9.59 Å². The van der Waals surface area contributed by atoms with Crippen LogP contribution in [0, 0.1) is 0 Å². The third-order valence-electron chi connectivity index (χ3n) is 3.24. The molecule has 0 saturated heterocycles. The first kappa shape index (κ1) is 16.4. The van der Waals surface area contributed by atoms with E-state index >= 15 is 0 Å². The molecule has 2 aromatic rings. The maximum absolute atomic E-state index is 12.4. The predicted molar refractivity (Wildman–Crippen MR) is 86.8 cm³/mol. The lowest BCUT2D eigenvalue weighted by atomic mass is 10.1. The zero-order valence-corrected chi connectivity index (χ0v) is 13.0. The van der Waals surface area contributed by atoms with Crippen LogP contribution in [-0.2, 0) is 11.2 Å². The highest BCUT2D eigenvalue weighted by Crippen LogP contribution is 2.31. The Morgan fingerprint density at radius 2 is 1.74 bits per heavy atom. The molecule has 0 heterocycles. The van der Waals surface area contributed by atoms with Gasteiger partial charge in [0.25, 0.3) is 5.91 Å². The summed E-state index contributed by atoms with van der Waals surface area (Å²) in [5.41, 5.74) is 6.90. The maximum atomic E-state index is 12.4. The molecule has 23 heavy (non-hydrogen) atoms. The van der Waals surface area contributed by atoms with Crippen molar-refractivity contribution < 1.29 is 19.1 Å². The van der Waals surface area contributed by atoms with E-state index in [1.54, 1.807) is 42.5 Å². The minimum atomic E-state index is -0.400. The van der Waals surface area contributed by atoms with Crippen molar-refractivity contribution in [3.05, 3.63) is 53.6 Å². The van der Waals surface area contributed by atoms with Crippen LogP contribution in [0.3, 0.4) is 0 Å². The number of para-hydroxylation sites is 1. The van der Waals surface area contributed by atoms with Gasteiger partial charge < -0.3 is 20.5 Å². The summed E-state index contributed by atoms with van der Waals surface area (Å²) in [5.74, 6) is 0.140. The Balaban J connectivity index is 2.17. The van der Waals surface area contributed by atoms with Gasteiger partial charge in [0.1, 0.15) is 0 Å². The fourth-order valence-corrected chi connectivity index (χ4v) is 2.17. The Kier molecular flexibility index (Phi) is 5.19. The molecule has 6 nitrogen and oxygen atoms in total. The molecule has 0 aliphatic rings. The Hall–Kier alpha value is -3.02. The number of carbonyl (C=O) groups is 2. The monoisotopic (exact) mass is 314 g/mol.